The summed E-state index contributed by atoms with van der Waals surface area (Å²) in [5.41, 5.74) is 2.09. The molecule has 0 heterocycles. The summed E-state index contributed by atoms with van der Waals surface area (Å²) in [4.78, 5) is 2.41. The molecule has 25 heavy (non-hydrogen) atoms. The molecule has 0 spiro atoms. The summed E-state index contributed by atoms with van der Waals surface area (Å²) < 4.78 is 26.6. The predicted octanol–water partition coefficient (Wildman–Crippen LogP) is 5.32. The van der Waals surface area contributed by atoms with Crippen molar-refractivity contribution in [2.75, 3.05) is 0 Å². The number of allylic oxidation sites excluding steroid dienone is 1. The molecule has 0 radical (unpaired) electrons. The molecule has 0 bridgehead atoms. The second kappa shape index (κ2) is 6.29. The molecule has 1 saturated carbocycles. The lowest BCUT2D eigenvalue weighted by molar-refractivity contribution is 0.127. The highest BCUT2D eigenvalue weighted by molar-refractivity contribution is 7.93. The standard InChI is InChI=1S/C21H27NO2S/c1-16-8-10-19(11-9-16)25(23,24)21(3,22-4)18-12-14-20(2)13-6-5-7-17(20)15-18/h8-11,15,17H,5-7,12-14H2,1-3H3/t17-,20-,21?/m0/s1. The summed E-state index contributed by atoms with van der Waals surface area (Å²) in [7, 11) is -3.75. The number of benzene rings is 1. The van der Waals surface area contributed by atoms with Crippen LogP contribution in [0.2, 0.25) is 0 Å². The van der Waals surface area contributed by atoms with Crippen molar-refractivity contribution in [3.63, 3.8) is 0 Å². The van der Waals surface area contributed by atoms with Crippen molar-refractivity contribution in [1.29, 1.82) is 0 Å². The smallest absolute Gasteiger partial charge is 0.288 e. The van der Waals surface area contributed by atoms with Gasteiger partial charge in [-0.2, -0.15) is 0 Å². The molecule has 3 nitrogen and oxygen atoms in total. The van der Waals surface area contributed by atoms with Gasteiger partial charge in [0.05, 0.1) is 4.90 Å². The van der Waals surface area contributed by atoms with E-state index in [1.54, 1.807) is 31.2 Å². The fourth-order valence-corrected chi connectivity index (χ4v) is 6.00. The zero-order valence-electron chi connectivity index (χ0n) is 15.4. The van der Waals surface area contributed by atoms with Gasteiger partial charge in [0.15, 0.2) is 0 Å². The van der Waals surface area contributed by atoms with Crippen LogP contribution in [0.1, 0.15) is 57.9 Å². The summed E-state index contributed by atoms with van der Waals surface area (Å²) in [6, 6.07) is 6.85. The Bertz CT molecular complexity index is 832. The van der Waals surface area contributed by atoms with Crippen LogP contribution in [0.3, 0.4) is 0 Å². The Labute approximate surface area is 151 Å². The number of nitrogens with zero attached hydrogens (tertiary/aromatic N) is 1. The summed E-state index contributed by atoms with van der Waals surface area (Å²) in [5.74, 6) is 0.402. The lowest BCUT2D eigenvalue weighted by atomic mass is 9.61. The van der Waals surface area contributed by atoms with Crippen LogP contribution in [0.4, 0.5) is 0 Å². The van der Waals surface area contributed by atoms with Crippen molar-refractivity contribution in [2.45, 2.75) is 69.1 Å². The third-order valence-electron chi connectivity index (χ3n) is 6.44. The van der Waals surface area contributed by atoms with E-state index in [1.165, 1.54) is 19.3 Å². The molecule has 0 aromatic heterocycles. The maximum atomic E-state index is 13.3. The summed E-state index contributed by atoms with van der Waals surface area (Å²) in [6.07, 6.45) is 8.61. The number of rotatable bonds is 3. The topological polar surface area (TPSA) is 38.5 Å². The molecule has 3 rings (SSSR count). The second-order valence-corrected chi connectivity index (χ2v) is 10.4. The molecule has 0 N–H and O–H groups in total. The van der Waals surface area contributed by atoms with Gasteiger partial charge in [0.1, 0.15) is 0 Å². The monoisotopic (exact) mass is 357 g/mol. The maximum absolute atomic E-state index is 13.3. The molecule has 134 valence electrons. The molecule has 0 aliphatic heterocycles. The molecule has 4 heteroatoms. The van der Waals surface area contributed by atoms with E-state index in [-0.39, 0.29) is 10.3 Å². The normalized spacial score (nSPS) is 29.0. The van der Waals surface area contributed by atoms with Gasteiger partial charge >= 0.3 is 4.87 Å². The molecule has 2 aliphatic rings. The zero-order valence-corrected chi connectivity index (χ0v) is 16.2. The Morgan fingerprint density at radius 2 is 1.88 bits per heavy atom. The van der Waals surface area contributed by atoms with E-state index in [2.05, 4.69) is 17.8 Å². The quantitative estimate of drug-likeness (QED) is 0.542. The molecule has 0 amide bonds. The van der Waals surface area contributed by atoms with Gasteiger partial charge < -0.3 is 0 Å². The minimum Gasteiger partial charge on any atom is -0.288 e. The van der Waals surface area contributed by atoms with Gasteiger partial charge in [-0.15, -0.1) is 0 Å². The van der Waals surface area contributed by atoms with Crippen LogP contribution in [0.25, 0.3) is 4.85 Å². The van der Waals surface area contributed by atoms with Crippen molar-refractivity contribution < 1.29 is 8.42 Å². The second-order valence-electron chi connectivity index (χ2n) is 8.11. The summed E-state index contributed by atoms with van der Waals surface area (Å²) in [6.45, 7) is 13.6. The van der Waals surface area contributed by atoms with Gasteiger partial charge in [0, 0.05) is 12.5 Å². The van der Waals surface area contributed by atoms with E-state index < -0.39 is 14.7 Å². The Hall–Kier alpha value is -1.60. The molecule has 1 fully saturated rings. The van der Waals surface area contributed by atoms with Crippen LogP contribution in [-0.2, 0) is 9.84 Å². The Kier molecular flexibility index (Phi) is 4.58. The van der Waals surface area contributed by atoms with Crippen molar-refractivity contribution in [3.05, 3.63) is 52.9 Å². The van der Waals surface area contributed by atoms with Crippen molar-refractivity contribution in [1.82, 2.24) is 0 Å². The van der Waals surface area contributed by atoms with E-state index in [0.717, 1.165) is 24.0 Å². The number of hydrogen-bond donors (Lipinski definition) is 0. The van der Waals surface area contributed by atoms with Gasteiger partial charge in [0.2, 0.25) is 0 Å². The first kappa shape index (κ1) is 18.2. The molecule has 1 unspecified atom stereocenters. The Morgan fingerprint density at radius 1 is 1.20 bits per heavy atom. The van der Waals surface area contributed by atoms with Gasteiger partial charge in [-0.3, -0.25) is 4.85 Å². The van der Waals surface area contributed by atoms with Crippen LogP contribution in [0, 0.1) is 24.8 Å². The number of aryl methyl sites for hydroxylation is 1. The van der Waals surface area contributed by atoms with Crippen LogP contribution >= 0.6 is 0 Å². The molecule has 1 aromatic rings. The minimum absolute atomic E-state index is 0.245. The summed E-state index contributed by atoms with van der Waals surface area (Å²) in [5, 5.41) is 0. The van der Waals surface area contributed by atoms with Crippen LogP contribution in [0.15, 0.2) is 40.8 Å². The fourth-order valence-electron chi connectivity index (χ4n) is 4.41. The largest absolute Gasteiger partial charge is 0.351 e. The molecule has 3 atom stereocenters. The van der Waals surface area contributed by atoms with E-state index in [9.17, 15) is 8.42 Å². The van der Waals surface area contributed by atoms with Crippen molar-refractivity contribution in [2.24, 2.45) is 11.3 Å². The number of sulfone groups is 1. The molecular formula is C21H27NO2S. The molecule has 1 aromatic carbocycles. The van der Waals surface area contributed by atoms with E-state index in [1.807, 2.05) is 6.92 Å². The Morgan fingerprint density at radius 3 is 2.52 bits per heavy atom. The highest BCUT2D eigenvalue weighted by atomic mass is 32.2. The third-order valence-corrected chi connectivity index (χ3v) is 8.73. The first-order chi connectivity index (χ1) is 11.7. The average molecular weight is 358 g/mol. The SMILES string of the molecule is [C-]#[N+]C(C)(C1=C[C@@H]2CCCC[C@@]2(C)CC1)S(=O)(=O)c1ccc(C)cc1. The number of hydrogen-bond acceptors (Lipinski definition) is 2. The highest BCUT2D eigenvalue weighted by Crippen LogP contribution is 2.52. The van der Waals surface area contributed by atoms with Crippen molar-refractivity contribution in [3.8, 4) is 0 Å². The average Bonchev–Trinajstić information content (AvgIpc) is 2.60. The maximum Gasteiger partial charge on any atom is 0.351 e. The van der Waals surface area contributed by atoms with Gasteiger partial charge in [-0.05, 0) is 56.1 Å². The highest BCUT2D eigenvalue weighted by Gasteiger charge is 2.53. The van der Waals surface area contributed by atoms with Gasteiger partial charge in [0.25, 0.3) is 9.84 Å². The third kappa shape index (κ3) is 2.93. The lowest BCUT2D eigenvalue weighted by Gasteiger charge is -2.44. The fraction of sp³-hybridized carbons (Fsp3) is 0.571. The van der Waals surface area contributed by atoms with E-state index in [0.29, 0.717) is 12.3 Å². The number of fused-ring (bicyclic) bond motifs is 1. The zero-order chi connectivity index (χ0) is 18.3. The first-order valence-corrected chi connectivity index (χ1v) is 10.6. The lowest BCUT2D eigenvalue weighted by Crippen LogP contribution is -2.40. The van der Waals surface area contributed by atoms with Crippen LogP contribution in [-0.4, -0.2) is 13.3 Å². The Balaban J connectivity index is 2.03. The van der Waals surface area contributed by atoms with E-state index in [4.69, 9.17) is 6.57 Å². The van der Waals surface area contributed by atoms with Crippen LogP contribution in [0.5, 0.6) is 0 Å². The first-order valence-electron chi connectivity index (χ1n) is 9.14. The van der Waals surface area contributed by atoms with Crippen molar-refractivity contribution >= 4 is 9.84 Å². The van der Waals surface area contributed by atoms with Gasteiger partial charge in [-0.25, -0.2) is 15.0 Å². The van der Waals surface area contributed by atoms with E-state index >= 15 is 0 Å². The summed E-state index contributed by atoms with van der Waals surface area (Å²) >= 11 is 0. The molecule has 0 saturated heterocycles. The van der Waals surface area contributed by atoms with Gasteiger partial charge in [-0.1, -0.05) is 43.5 Å². The van der Waals surface area contributed by atoms with Crippen LogP contribution < -0.4 is 0 Å². The minimum atomic E-state index is -3.75. The predicted molar refractivity (Wildman–Crippen MR) is 101 cm³/mol. The molecular weight excluding hydrogens is 330 g/mol. The molecule has 2 aliphatic carbocycles.